The first-order valence-electron chi connectivity index (χ1n) is 8.59. The number of amides is 1. The highest BCUT2D eigenvalue weighted by molar-refractivity contribution is 5.94. The number of hydrogen-bond acceptors (Lipinski definition) is 4. The van der Waals surface area contributed by atoms with Crippen molar-refractivity contribution < 1.29 is 14.1 Å². The summed E-state index contributed by atoms with van der Waals surface area (Å²) in [5.41, 5.74) is 2.54. The summed E-state index contributed by atoms with van der Waals surface area (Å²) in [7, 11) is 0. The van der Waals surface area contributed by atoms with Gasteiger partial charge in [-0.1, -0.05) is 18.0 Å². The van der Waals surface area contributed by atoms with Crippen molar-refractivity contribution in [2.24, 2.45) is 0 Å². The Hall–Kier alpha value is -2.30. The largest absolute Gasteiger partial charge is 0.489 e. The first kappa shape index (κ1) is 16.6. The number of aromatic nitrogens is 1. The molecule has 1 aliphatic rings. The van der Waals surface area contributed by atoms with Crippen molar-refractivity contribution in [1.29, 1.82) is 0 Å². The van der Waals surface area contributed by atoms with E-state index < -0.39 is 0 Å². The molecule has 0 saturated carbocycles. The molecule has 0 radical (unpaired) electrons. The third-order valence-corrected chi connectivity index (χ3v) is 4.56. The van der Waals surface area contributed by atoms with Crippen LogP contribution in [0.4, 0.5) is 0 Å². The maximum Gasteiger partial charge on any atom is 0.253 e. The lowest BCUT2D eigenvalue weighted by Crippen LogP contribution is -2.31. The SMILES string of the molecule is Cc1noc(C)c1COc1ccc(C(=O)N2CCCCCC2)cc1. The van der Waals surface area contributed by atoms with Crippen molar-refractivity contribution in [3.63, 3.8) is 0 Å². The summed E-state index contributed by atoms with van der Waals surface area (Å²) in [5, 5.41) is 3.92. The highest BCUT2D eigenvalue weighted by Gasteiger charge is 2.17. The normalized spacial score (nSPS) is 15.2. The minimum absolute atomic E-state index is 0.120. The van der Waals surface area contributed by atoms with E-state index >= 15 is 0 Å². The Morgan fingerprint density at radius 1 is 1.12 bits per heavy atom. The van der Waals surface area contributed by atoms with Gasteiger partial charge in [-0.2, -0.15) is 0 Å². The van der Waals surface area contributed by atoms with Crippen LogP contribution in [0.25, 0.3) is 0 Å². The van der Waals surface area contributed by atoms with Gasteiger partial charge in [0.15, 0.2) is 0 Å². The molecule has 2 aromatic rings. The van der Waals surface area contributed by atoms with Crippen LogP contribution in [0.2, 0.25) is 0 Å². The van der Waals surface area contributed by atoms with E-state index in [0.717, 1.165) is 54.3 Å². The summed E-state index contributed by atoms with van der Waals surface area (Å²) >= 11 is 0. The van der Waals surface area contributed by atoms with E-state index in [1.807, 2.05) is 43.0 Å². The molecule has 5 nitrogen and oxygen atoms in total. The summed E-state index contributed by atoms with van der Waals surface area (Å²) in [5.74, 6) is 1.64. The Morgan fingerprint density at radius 3 is 2.38 bits per heavy atom. The van der Waals surface area contributed by atoms with E-state index in [4.69, 9.17) is 9.26 Å². The van der Waals surface area contributed by atoms with Gasteiger partial charge >= 0.3 is 0 Å². The number of likely N-dealkylation sites (tertiary alicyclic amines) is 1. The fourth-order valence-electron chi connectivity index (χ4n) is 3.01. The van der Waals surface area contributed by atoms with E-state index in [0.29, 0.717) is 6.61 Å². The molecule has 24 heavy (non-hydrogen) atoms. The molecule has 2 heterocycles. The third-order valence-electron chi connectivity index (χ3n) is 4.56. The summed E-state index contributed by atoms with van der Waals surface area (Å²) in [6.45, 7) is 5.92. The summed E-state index contributed by atoms with van der Waals surface area (Å²) in [6, 6.07) is 7.39. The molecule has 0 bridgehead atoms. The Balaban J connectivity index is 1.61. The van der Waals surface area contributed by atoms with E-state index in [1.54, 1.807) is 0 Å². The van der Waals surface area contributed by atoms with Gasteiger partial charge in [0.2, 0.25) is 0 Å². The summed E-state index contributed by atoms with van der Waals surface area (Å²) in [6.07, 6.45) is 4.64. The Kier molecular flexibility index (Phi) is 5.18. The molecule has 1 aromatic carbocycles. The summed E-state index contributed by atoms with van der Waals surface area (Å²) < 4.78 is 10.9. The average Bonchev–Trinajstić information content (AvgIpc) is 2.81. The Bertz CT molecular complexity index is 664. The molecule has 0 atom stereocenters. The number of ether oxygens (including phenoxy) is 1. The van der Waals surface area contributed by atoms with Gasteiger partial charge in [0.25, 0.3) is 5.91 Å². The molecule has 1 aromatic heterocycles. The van der Waals surface area contributed by atoms with Crippen molar-refractivity contribution >= 4 is 5.91 Å². The van der Waals surface area contributed by atoms with Crippen LogP contribution in [0.5, 0.6) is 5.75 Å². The minimum Gasteiger partial charge on any atom is -0.489 e. The second-order valence-electron chi connectivity index (χ2n) is 6.32. The quantitative estimate of drug-likeness (QED) is 0.854. The second-order valence-corrected chi connectivity index (χ2v) is 6.32. The average molecular weight is 328 g/mol. The maximum absolute atomic E-state index is 12.6. The summed E-state index contributed by atoms with van der Waals surface area (Å²) in [4.78, 5) is 14.5. The van der Waals surface area contributed by atoms with E-state index in [1.165, 1.54) is 12.8 Å². The molecule has 0 aliphatic carbocycles. The fourth-order valence-corrected chi connectivity index (χ4v) is 3.01. The van der Waals surface area contributed by atoms with Gasteiger partial charge in [-0.25, -0.2) is 0 Å². The molecule has 1 fully saturated rings. The van der Waals surface area contributed by atoms with Gasteiger partial charge in [-0.05, 0) is 51.0 Å². The number of rotatable bonds is 4. The molecule has 0 spiro atoms. The Morgan fingerprint density at radius 2 is 1.79 bits per heavy atom. The zero-order valence-corrected chi connectivity index (χ0v) is 14.4. The number of hydrogen-bond donors (Lipinski definition) is 0. The fraction of sp³-hybridized carbons (Fsp3) is 0.474. The number of benzene rings is 1. The smallest absolute Gasteiger partial charge is 0.253 e. The standard InChI is InChI=1S/C19H24N2O3/c1-14-18(15(2)24-20-14)13-23-17-9-7-16(8-10-17)19(22)21-11-5-3-4-6-12-21/h7-10H,3-6,11-13H2,1-2H3. The molecule has 3 rings (SSSR count). The van der Waals surface area contributed by atoms with Crippen LogP contribution in [-0.2, 0) is 6.61 Å². The van der Waals surface area contributed by atoms with Crippen molar-refractivity contribution in [1.82, 2.24) is 10.1 Å². The first-order chi connectivity index (χ1) is 11.6. The van der Waals surface area contributed by atoms with Gasteiger partial charge in [-0.3, -0.25) is 4.79 Å². The molecule has 0 unspecified atom stereocenters. The van der Waals surface area contributed by atoms with Gasteiger partial charge in [0.05, 0.1) is 11.3 Å². The molecular weight excluding hydrogens is 304 g/mol. The van der Waals surface area contributed by atoms with Crippen LogP contribution in [-0.4, -0.2) is 29.1 Å². The predicted molar refractivity (Wildman–Crippen MR) is 91.1 cm³/mol. The van der Waals surface area contributed by atoms with E-state index in [2.05, 4.69) is 5.16 Å². The molecule has 1 saturated heterocycles. The lowest BCUT2D eigenvalue weighted by molar-refractivity contribution is 0.0761. The molecule has 0 N–H and O–H groups in total. The molecule has 1 amide bonds. The third kappa shape index (κ3) is 3.78. The predicted octanol–water partition coefficient (Wildman–Crippen LogP) is 3.89. The first-order valence-corrected chi connectivity index (χ1v) is 8.59. The van der Waals surface area contributed by atoms with Gasteiger partial charge in [-0.15, -0.1) is 0 Å². The van der Waals surface area contributed by atoms with Crippen LogP contribution in [0, 0.1) is 13.8 Å². The van der Waals surface area contributed by atoms with E-state index in [-0.39, 0.29) is 5.91 Å². The van der Waals surface area contributed by atoms with Crippen LogP contribution < -0.4 is 4.74 Å². The van der Waals surface area contributed by atoms with Crippen LogP contribution >= 0.6 is 0 Å². The van der Waals surface area contributed by atoms with Gasteiger partial charge in [0.1, 0.15) is 18.1 Å². The second kappa shape index (κ2) is 7.51. The zero-order valence-electron chi connectivity index (χ0n) is 14.4. The molecular formula is C19H24N2O3. The number of aryl methyl sites for hydroxylation is 2. The molecule has 1 aliphatic heterocycles. The van der Waals surface area contributed by atoms with Crippen molar-refractivity contribution in [2.45, 2.75) is 46.1 Å². The molecule has 128 valence electrons. The number of nitrogens with zero attached hydrogens (tertiary/aromatic N) is 2. The lowest BCUT2D eigenvalue weighted by Gasteiger charge is -2.20. The van der Waals surface area contributed by atoms with E-state index in [9.17, 15) is 4.79 Å². The lowest BCUT2D eigenvalue weighted by atomic mass is 10.2. The maximum atomic E-state index is 12.6. The highest BCUT2D eigenvalue weighted by Crippen LogP contribution is 2.19. The van der Waals surface area contributed by atoms with Crippen molar-refractivity contribution in [2.75, 3.05) is 13.1 Å². The number of carbonyl (C=O) groups is 1. The monoisotopic (exact) mass is 328 g/mol. The Labute approximate surface area is 142 Å². The highest BCUT2D eigenvalue weighted by atomic mass is 16.5. The van der Waals surface area contributed by atoms with Crippen LogP contribution in [0.15, 0.2) is 28.8 Å². The zero-order chi connectivity index (χ0) is 16.9. The number of carbonyl (C=O) groups excluding carboxylic acids is 1. The van der Waals surface area contributed by atoms with Gasteiger partial charge < -0.3 is 14.2 Å². The minimum atomic E-state index is 0.120. The topological polar surface area (TPSA) is 55.6 Å². The van der Waals surface area contributed by atoms with Crippen LogP contribution in [0.1, 0.15) is 53.1 Å². The molecule has 5 heteroatoms. The van der Waals surface area contributed by atoms with Crippen molar-refractivity contribution in [3.05, 3.63) is 46.8 Å². The van der Waals surface area contributed by atoms with Gasteiger partial charge in [0, 0.05) is 18.7 Å². The van der Waals surface area contributed by atoms with Crippen LogP contribution in [0.3, 0.4) is 0 Å². The van der Waals surface area contributed by atoms with Crippen molar-refractivity contribution in [3.8, 4) is 5.75 Å².